The summed E-state index contributed by atoms with van der Waals surface area (Å²) in [6.45, 7) is 0.478. The molecule has 0 radical (unpaired) electrons. The van der Waals surface area contributed by atoms with Gasteiger partial charge in [-0.1, -0.05) is 17.7 Å². The molecule has 26 heavy (non-hydrogen) atoms. The third-order valence-corrected chi connectivity index (χ3v) is 5.78. The number of carbonyl (C=O) groups excluding carboxylic acids is 1. The molecule has 1 fully saturated rings. The molecule has 0 saturated carbocycles. The van der Waals surface area contributed by atoms with E-state index in [-0.39, 0.29) is 19.0 Å². The number of anilines is 1. The average molecular weight is 396 g/mol. The van der Waals surface area contributed by atoms with Crippen LogP contribution < -0.4 is 20.9 Å². The van der Waals surface area contributed by atoms with E-state index in [1.54, 1.807) is 42.7 Å². The summed E-state index contributed by atoms with van der Waals surface area (Å²) in [7, 11) is -3.84. The molecule has 138 valence electrons. The number of benzene rings is 1. The van der Waals surface area contributed by atoms with Crippen molar-refractivity contribution in [3.05, 3.63) is 59.4 Å². The molecule has 2 unspecified atom stereocenters. The van der Waals surface area contributed by atoms with Gasteiger partial charge in [-0.25, -0.2) is 13.8 Å². The van der Waals surface area contributed by atoms with Crippen molar-refractivity contribution in [3.63, 3.8) is 0 Å². The zero-order valence-electron chi connectivity index (χ0n) is 13.6. The fraction of sp³-hybridized carbons (Fsp3) is 0.250. The second-order valence-corrected chi connectivity index (χ2v) is 8.02. The fourth-order valence-electron chi connectivity index (χ4n) is 2.57. The van der Waals surface area contributed by atoms with Crippen molar-refractivity contribution < 1.29 is 13.2 Å². The lowest BCUT2D eigenvalue weighted by Crippen LogP contribution is -2.46. The van der Waals surface area contributed by atoms with Crippen LogP contribution in [0.15, 0.2) is 48.8 Å². The van der Waals surface area contributed by atoms with Crippen molar-refractivity contribution in [1.82, 2.24) is 21.2 Å². The van der Waals surface area contributed by atoms with E-state index < -0.39 is 21.3 Å². The number of hydrogen-bond acceptors (Lipinski definition) is 6. The summed E-state index contributed by atoms with van der Waals surface area (Å²) in [5, 5.41) is 2.14. The minimum atomic E-state index is -3.84. The van der Waals surface area contributed by atoms with Crippen LogP contribution in [0.25, 0.3) is 0 Å². The van der Waals surface area contributed by atoms with Gasteiger partial charge in [0.05, 0.1) is 5.92 Å². The summed E-state index contributed by atoms with van der Waals surface area (Å²) < 4.78 is 27.7. The predicted octanol–water partition coefficient (Wildman–Crippen LogP) is 0.843. The second-order valence-electron chi connectivity index (χ2n) is 5.79. The molecule has 0 spiro atoms. The smallest absolute Gasteiger partial charge is 0.250 e. The normalized spacial score (nSPS) is 19.9. The van der Waals surface area contributed by atoms with Gasteiger partial charge in [0.15, 0.2) is 5.37 Å². The third kappa shape index (κ3) is 4.50. The molecule has 1 aliphatic heterocycles. The van der Waals surface area contributed by atoms with Gasteiger partial charge in [-0.2, -0.15) is 0 Å². The highest BCUT2D eigenvalue weighted by Gasteiger charge is 2.41. The maximum absolute atomic E-state index is 12.6. The van der Waals surface area contributed by atoms with Crippen molar-refractivity contribution in [2.75, 3.05) is 11.3 Å². The van der Waals surface area contributed by atoms with Crippen LogP contribution in [0.3, 0.4) is 0 Å². The molecule has 3 rings (SSSR count). The van der Waals surface area contributed by atoms with Gasteiger partial charge in [-0.05, 0) is 35.9 Å². The molecule has 10 heteroatoms. The van der Waals surface area contributed by atoms with E-state index in [9.17, 15) is 13.2 Å². The van der Waals surface area contributed by atoms with Crippen LogP contribution in [0.4, 0.5) is 5.69 Å². The Bertz CT molecular complexity index is 861. The summed E-state index contributed by atoms with van der Waals surface area (Å²) in [5.74, 6) is -1.14. The lowest BCUT2D eigenvalue weighted by atomic mass is 10.1. The van der Waals surface area contributed by atoms with Gasteiger partial charge < -0.3 is 5.32 Å². The van der Waals surface area contributed by atoms with Gasteiger partial charge >= 0.3 is 0 Å². The fourth-order valence-corrected chi connectivity index (χ4v) is 4.18. The van der Waals surface area contributed by atoms with E-state index in [1.165, 1.54) is 0 Å². The van der Waals surface area contributed by atoms with E-state index >= 15 is 0 Å². The Balaban J connectivity index is 1.66. The van der Waals surface area contributed by atoms with Crippen LogP contribution in [-0.2, 0) is 21.4 Å². The van der Waals surface area contributed by atoms with Crippen molar-refractivity contribution in [2.24, 2.45) is 5.92 Å². The second kappa shape index (κ2) is 8.00. The topological polar surface area (TPSA) is 112 Å². The highest BCUT2D eigenvalue weighted by molar-refractivity contribution is 7.93. The number of rotatable bonds is 6. The number of hydrazine groups is 1. The number of sulfonamides is 1. The van der Waals surface area contributed by atoms with Crippen molar-refractivity contribution in [1.29, 1.82) is 0 Å². The zero-order chi connectivity index (χ0) is 18.6. The number of halogens is 1. The number of carbonyl (C=O) groups is 1. The number of nitrogens with zero attached hydrogens (tertiary/aromatic N) is 1. The first-order chi connectivity index (χ1) is 12.5. The summed E-state index contributed by atoms with van der Waals surface area (Å²) >= 11 is 5.80. The molecular weight excluding hydrogens is 378 g/mol. The lowest BCUT2D eigenvalue weighted by molar-refractivity contribution is -0.124. The number of pyridine rings is 1. The van der Waals surface area contributed by atoms with Crippen LogP contribution in [0.2, 0.25) is 5.02 Å². The summed E-state index contributed by atoms with van der Waals surface area (Å²) in [5.41, 5.74) is 6.60. The summed E-state index contributed by atoms with van der Waals surface area (Å²) in [4.78, 5) is 16.4. The van der Waals surface area contributed by atoms with Crippen LogP contribution in [-0.4, -0.2) is 31.2 Å². The minimum absolute atomic E-state index is 0.199. The highest BCUT2D eigenvalue weighted by atomic mass is 35.5. The Kier molecular flexibility index (Phi) is 5.72. The first-order valence-corrected chi connectivity index (χ1v) is 9.80. The molecule has 1 aromatic carbocycles. The van der Waals surface area contributed by atoms with Crippen LogP contribution in [0.1, 0.15) is 5.56 Å². The van der Waals surface area contributed by atoms with Gasteiger partial charge in [-0.3, -0.25) is 19.9 Å². The largest absolute Gasteiger partial charge is 0.352 e. The third-order valence-electron chi connectivity index (χ3n) is 3.90. The molecule has 2 atom stereocenters. The predicted molar refractivity (Wildman–Crippen MR) is 98.5 cm³/mol. The molecule has 1 aromatic heterocycles. The SMILES string of the molecule is O=C(NCc1cccnc1)C1CNNC1S(=O)(=O)Nc1ccc(Cl)cc1. The summed E-state index contributed by atoms with van der Waals surface area (Å²) in [6.07, 6.45) is 3.28. The van der Waals surface area contributed by atoms with Crippen molar-refractivity contribution >= 4 is 33.2 Å². The standard InChI is InChI=1S/C16H18ClN5O3S/c17-12-3-5-13(6-4-12)22-26(24,25)16-14(10-20-21-16)15(23)19-9-11-2-1-7-18-8-11/h1-8,14,16,20-22H,9-10H2,(H,19,23). The maximum atomic E-state index is 12.6. The minimum Gasteiger partial charge on any atom is -0.352 e. The number of nitrogens with one attached hydrogen (secondary N) is 4. The molecule has 4 N–H and O–H groups in total. The lowest BCUT2D eigenvalue weighted by Gasteiger charge is -2.19. The quantitative estimate of drug-likeness (QED) is 0.576. The molecular formula is C16H18ClN5O3S. The highest BCUT2D eigenvalue weighted by Crippen LogP contribution is 2.20. The molecule has 1 amide bonds. The number of hydrogen-bond donors (Lipinski definition) is 4. The van der Waals surface area contributed by atoms with E-state index in [0.29, 0.717) is 10.7 Å². The van der Waals surface area contributed by atoms with Gasteiger partial charge in [0.25, 0.3) is 10.0 Å². The van der Waals surface area contributed by atoms with E-state index in [0.717, 1.165) is 5.56 Å². The first-order valence-electron chi connectivity index (χ1n) is 7.88. The Hall–Kier alpha value is -2.20. The molecule has 2 aromatic rings. The van der Waals surface area contributed by atoms with E-state index in [2.05, 4.69) is 25.9 Å². The van der Waals surface area contributed by atoms with Gasteiger partial charge in [0, 0.05) is 36.2 Å². The number of aromatic nitrogens is 1. The zero-order valence-corrected chi connectivity index (χ0v) is 15.2. The van der Waals surface area contributed by atoms with Crippen LogP contribution >= 0.6 is 11.6 Å². The van der Waals surface area contributed by atoms with Gasteiger partial charge in [0.2, 0.25) is 5.91 Å². The average Bonchev–Trinajstić information content (AvgIpc) is 3.13. The Morgan fingerprint density at radius 3 is 2.73 bits per heavy atom. The molecule has 0 bridgehead atoms. The molecule has 1 aliphatic rings. The molecule has 8 nitrogen and oxygen atoms in total. The van der Waals surface area contributed by atoms with Crippen molar-refractivity contribution in [2.45, 2.75) is 11.9 Å². The molecule has 1 saturated heterocycles. The number of amides is 1. The first kappa shape index (κ1) is 18.6. The van der Waals surface area contributed by atoms with E-state index in [1.807, 2.05) is 6.07 Å². The molecule has 2 heterocycles. The monoisotopic (exact) mass is 395 g/mol. The van der Waals surface area contributed by atoms with Crippen molar-refractivity contribution in [3.8, 4) is 0 Å². The summed E-state index contributed by atoms with van der Waals surface area (Å²) in [6, 6.07) is 9.87. The van der Waals surface area contributed by atoms with Crippen LogP contribution in [0, 0.1) is 5.92 Å². The Morgan fingerprint density at radius 1 is 1.27 bits per heavy atom. The molecule has 0 aliphatic carbocycles. The van der Waals surface area contributed by atoms with Gasteiger partial charge in [0.1, 0.15) is 0 Å². The maximum Gasteiger partial charge on any atom is 0.250 e. The van der Waals surface area contributed by atoms with Gasteiger partial charge in [-0.15, -0.1) is 0 Å². The van der Waals surface area contributed by atoms with Crippen LogP contribution in [0.5, 0.6) is 0 Å². The Morgan fingerprint density at radius 2 is 2.04 bits per heavy atom. The Labute approximate surface area is 156 Å². The van der Waals surface area contributed by atoms with E-state index in [4.69, 9.17) is 11.6 Å².